The van der Waals surface area contributed by atoms with E-state index >= 15 is 0 Å². The number of carboxylic acids is 1. The number of aliphatic hydroxyl groups is 1. The van der Waals surface area contributed by atoms with Crippen molar-refractivity contribution in [2.75, 3.05) is 6.61 Å². The van der Waals surface area contributed by atoms with Crippen molar-refractivity contribution < 1.29 is 23.4 Å². The van der Waals surface area contributed by atoms with Crippen LogP contribution >= 0.6 is 0 Å². The van der Waals surface area contributed by atoms with E-state index in [1.165, 1.54) is 24.3 Å². The van der Waals surface area contributed by atoms with Gasteiger partial charge in [0.2, 0.25) is 10.0 Å². The lowest BCUT2D eigenvalue weighted by atomic mass is 10.2. The topological polar surface area (TPSA) is 127 Å². The lowest BCUT2D eigenvalue weighted by Gasteiger charge is -2.13. The van der Waals surface area contributed by atoms with Crippen LogP contribution in [0.3, 0.4) is 0 Å². The second-order valence-electron chi connectivity index (χ2n) is 3.66. The number of benzene rings is 1. The van der Waals surface area contributed by atoms with E-state index in [1.54, 1.807) is 0 Å². The summed E-state index contributed by atoms with van der Waals surface area (Å²) in [7, 11) is -4.00. The van der Waals surface area contributed by atoms with Crippen molar-refractivity contribution in [3.8, 4) is 6.07 Å². The number of aliphatic carboxylic acids is 1. The molecular weight excluding hydrogens is 272 g/mol. The summed E-state index contributed by atoms with van der Waals surface area (Å²) in [6.45, 7) is -0.452. The highest BCUT2D eigenvalue weighted by Gasteiger charge is 2.24. The second kappa shape index (κ2) is 6.29. The van der Waals surface area contributed by atoms with Gasteiger partial charge in [-0.1, -0.05) is 0 Å². The summed E-state index contributed by atoms with van der Waals surface area (Å²) >= 11 is 0. The first-order chi connectivity index (χ1) is 8.90. The van der Waals surface area contributed by atoms with Crippen LogP contribution in [0.5, 0.6) is 0 Å². The molecule has 0 saturated carbocycles. The first-order valence-electron chi connectivity index (χ1n) is 5.27. The highest BCUT2D eigenvalue weighted by atomic mass is 32.2. The molecule has 3 N–H and O–H groups in total. The van der Waals surface area contributed by atoms with Crippen molar-refractivity contribution in [2.24, 2.45) is 0 Å². The predicted molar refractivity (Wildman–Crippen MR) is 64.6 cm³/mol. The van der Waals surface area contributed by atoms with E-state index in [0.29, 0.717) is 5.56 Å². The monoisotopic (exact) mass is 284 g/mol. The van der Waals surface area contributed by atoms with Crippen LogP contribution in [0.4, 0.5) is 0 Å². The van der Waals surface area contributed by atoms with E-state index in [2.05, 4.69) is 0 Å². The number of nitrogens with zero attached hydrogens (tertiary/aromatic N) is 1. The second-order valence-corrected chi connectivity index (χ2v) is 5.37. The van der Waals surface area contributed by atoms with E-state index in [0.717, 1.165) is 0 Å². The number of carbonyl (C=O) groups is 1. The largest absolute Gasteiger partial charge is 0.480 e. The Kier molecular flexibility index (Phi) is 5.00. The molecule has 0 amide bonds. The summed E-state index contributed by atoms with van der Waals surface area (Å²) in [5.41, 5.74) is 0.295. The van der Waals surface area contributed by atoms with Crippen molar-refractivity contribution in [3.63, 3.8) is 0 Å². The zero-order valence-corrected chi connectivity index (χ0v) is 10.6. The zero-order chi connectivity index (χ0) is 14.5. The van der Waals surface area contributed by atoms with Crippen LogP contribution in [0, 0.1) is 11.3 Å². The molecule has 102 valence electrons. The fraction of sp³-hybridized carbons (Fsp3) is 0.273. The molecule has 7 nitrogen and oxygen atoms in total. The smallest absolute Gasteiger partial charge is 0.321 e. The first-order valence-corrected chi connectivity index (χ1v) is 6.75. The molecule has 0 radical (unpaired) electrons. The number of sulfonamides is 1. The first kappa shape index (κ1) is 15.1. The highest BCUT2D eigenvalue weighted by Crippen LogP contribution is 2.11. The van der Waals surface area contributed by atoms with Gasteiger partial charge < -0.3 is 10.2 Å². The van der Waals surface area contributed by atoms with Gasteiger partial charge in [-0.15, -0.1) is 0 Å². The maximum atomic E-state index is 11.9. The number of hydrogen-bond donors (Lipinski definition) is 3. The van der Waals surface area contributed by atoms with Crippen LogP contribution in [-0.4, -0.2) is 37.2 Å². The number of nitrogens with one attached hydrogen (secondary N) is 1. The lowest BCUT2D eigenvalue weighted by Crippen LogP contribution is -2.41. The number of nitriles is 1. The maximum absolute atomic E-state index is 11.9. The van der Waals surface area contributed by atoms with E-state index in [-0.39, 0.29) is 11.3 Å². The average molecular weight is 284 g/mol. The SMILES string of the molecule is N#Cc1ccc(S(=O)(=O)N[C@@H](CCO)C(=O)O)cc1. The van der Waals surface area contributed by atoms with Gasteiger partial charge in [-0.3, -0.25) is 4.79 Å². The van der Waals surface area contributed by atoms with E-state index in [4.69, 9.17) is 15.5 Å². The van der Waals surface area contributed by atoms with Gasteiger partial charge in [0.1, 0.15) is 6.04 Å². The quantitative estimate of drug-likeness (QED) is 0.656. The molecule has 0 spiro atoms. The third-order valence-electron chi connectivity index (χ3n) is 2.31. The standard InChI is InChI=1S/C11H12N2O5S/c12-7-8-1-3-9(4-2-8)19(17,18)13-10(5-6-14)11(15)16/h1-4,10,13-14H,5-6H2,(H,15,16)/t10-/m0/s1. The van der Waals surface area contributed by atoms with Gasteiger partial charge >= 0.3 is 5.97 Å². The van der Waals surface area contributed by atoms with Crippen molar-refractivity contribution in [3.05, 3.63) is 29.8 Å². The molecule has 1 rings (SSSR count). The van der Waals surface area contributed by atoms with Crippen molar-refractivity contribution in [2.45, 2.75) is 17.4 Å². The van der Waals surface area contributed by atoms with Gasteiger partial charge in [-0.2, -0.15) is 9.98 Å². The Bertz CT molecular complexity index is 589. The summed E-state index contributed by atoms with van der Waals surface area (Å²) in [5.74, 6) is -1.37. The van der Waals surface area contributed by atoms with E-state index in [9.17, 15) is 13.2 Å². The third kappa shape index (κ3) is 4.03. The normalized spacial score (nSPS) is 12.6. The third-order valence-corrected chi connectivity index (χ3v) is 3.79. The van der Waals surface area contributed by atoms with Gasteiger partial charge in [-0.05, 0) is 30.7 Å². The van der Waals surface area contributed by atoms with Crippen molar-refractivity contribution in [1.82, 2.24) is 4.72 Å². The number of aliphatic hydroxyl groups excluding tert-OH is 1. The molecule has 19 heavy (non-hydrogen) atoms. The summed E-state index contributed by atoms with van der Waals surface area (Å²) in [6.07, 6.45) is -0.231. The molecule has 1 atom stereocenters. The van der Waals surface area contributed by atoms with Crippen LogP contribution in [0.2, 0.25) is 0 Å². The van der Waals surface area contributed by atoms with Gasteiger partial charge in [0.25, 0.3) is 0 Å². The van der Waals surface area contributed by atoms with Gasteiger partial charge in [0.15, 0.2) is 0 Å². The summed E-state index contributed by atoms with van der Waals surface area (Å²) in [6, 6.07) is 5.49. The van der Waals surface area contributed by atoms with Crippen molar-refractivity contribution in [1.29, 1.82) is 5.26 Å². The van der Waals surface area contributed by atoms with E-state index < -0.39 is 28.6 Å². The van der Waals surface area contributed by atoms with Crippen LogP contribution in [0.1, 0.15) is 12.0 Å². The average Bonchev–Trinajstić information content (AvgIpc) is 2.38. The summed E-state index contributed by atoms with van der Waals surface area (Å²) in [5, 5.41) is 26.1. The molecule has 0 saturated heterocycles. The van der Waals surface area contributed by atoms with Crippen LogP contribution < -0.4 is 4.72 Å². The maximum Gasteiger partial charge on any atom is 0.321 e. The molecular formula is C11H12N2O5S. The molecule has 0 aliphatic rings. The Morgan fingerprint density at radius 1 is 1.37 bits per heavy atom. The molecule has 1 aromatic rings. The van der Waals surface area contributed by atoms with Gasteiger partial charge in [0, 0.05) is 6.61 Å². The van der Waals surface area contributed by atoms with Crippen LogP contribution in [0.15, 0.2) is 29.2 Å². The molecule has 0 aromatic heterocycles. The lowest BCUT2D eigenvalue weighted by molar-refractivity contribution is -0.139. The minimum atomic E-state index is -4.00. The van der Waals surface area contributed by atoms with Gasteiger partial charge in [0.05, 0.1) is 16.5 Å². The summed E-state index contributed by atoms with van der Waals surface area (Å²) in [4.78, 5) is 10.7. The number of carboxylic acid groups (broad SMARTS) is 1. The van der Waals surface area contributed by atoms with Gasteiger partial charge in [-0.25, -0.2) is 8.42 Å². The molecule has 0 fully saturated rings. The van der Waals surface area contributed by atoms with Crippen LogP contribution in [-0.2, 0) is 14.8 Å². The minimum absolute atomic E-state index is 0.143. The fourth-order valence-corrected chi connectivity index (χ4v) is 2.55. The van der Waals surface area contributed by atoms with Crippen molar-refractivity contribution >= 4 is 16.0 Å². The molecule has 1 aromatic carbocycles. The van der Waals surface area contributed by atoms with E-state index in [1.807, 2.05) is 10.8 Å². The fourth-order valence-electron chi connectivity index (χ4n) is 1.33. The number of hydrogen-bond acceptors (Lipinski definition) is 5. The molecule has 0 bridgehead atoms. The predicted octanol–water partition coefficient (Wildman–Crippen LogP) is -0.328. The Balaban J connectivity index is 2.96. The molecule has 0 aliphatic carbocycles. The Labute approximate surface area is 110 Å². The molecule has 0 unspecified atom stereocenters. The van der Waals surface area contributed by atoms with Crippen LogP contribution in [0.25, 0.3) is 0 Å². The highest BCUT2D eigenvalue weighted by molar-refractivity contribution is 7.89. The zero-order valence-electron chi connectivity index (χ0n) is 9.78. The molecule has 8 heteroatoms. The Morgan fingerprint density at radius 3 is 2.37 bits per heavy atom. The Hall–Kier alpha value is -1.95. The summed E-state index contributed by atoms with van der Waals surface area (Å²) < 4.78 is 25.7. The Morgan fingerprint density at radius 2 is 1.95 bits per heavy atom. The molecule has 0 aliphatic heterocycles. The number of rotatable bonds is 6. The molecule has 0 heterocycles. The minimum Gasteiger partial charge on any atom is -0.480 e.